The van der Waals surface area contributed by atoms with E-state index in [1.807, 2.05) is 6.92 Å². The van der Waals surface area contributed by atoms with Crippen molar-refractivity contribution < 1.29 is 0 Å². The van der Waals surface area contributed by atoms with Gasteiger partial charge in [0.05, 0.1) is 0 Å². The Hall–Kier alpha value is 0.700. The predicted molar refractivity (Wildman–Crippen MR) is 45.5 cm³/mol. The van der Waals surface area contributed by atoms with Crippen molar-refractivity contribution in [1.82, 2.24) is 0 Å². The van der Waals surface area contributed by atoms with Gasteiger partial charge in [0, 0.05) is 8.96 Å². The highest BCUT2D eigenvalue weighted by atomic mass is 79.9. The van der Waals surface area contributed by atoms with Crippen LogP contribution in [0, 0.1) is 0 Å². The van der Waals surface area contributed by atoms with E-state index >= 15 is 0 Å². The van der Waals surface area contributed by atoms with Crippen molar-refractivity contribution >= 4 is 31.9 Å². The Labute approximate surface area is 67.6 Å². The average molecular weight is 242 g/mol. The van der Waals surface area contributed by atoms with Crippen molar-refractivity contribution in [3.05, 3.63) is 8.96 Å². The maximum absolute atomic E-state index is 3.44. The van der Waals surface area contributed by atoms with Gasteiger partial charge in [-0.15, -0.1) is 0 Å². The van der Waals surface area contributed by atoms with Gasteiger partial charge in [-0.3, -0.25) is 0 Å². The van der Waals surface area contributed by atoms with Crippen LogP contribution in [-0.4, -0.2) is 0 Å². The molecular weight excluding hydrogens is 232 g/mol. The van der Waals surface area contributed by atoms with Gasteiger partial charge in [0.15, 0.2) is 0 Å². The molecule has 0 rings (SSSR count). The summed E-state index contributed by atoms with van der Waals surface area (Å²) in [5, 5.41) is 0. The van der Waals surface area contributed by atoms with Gasteiger partial charge in [0.1, 0.15) is 0 Å². The molecule has 0 aliphatic rings. The Morgan fingerprint density at radius 2 is 1.88 bits per heavy atom. The van der Waals surface area contributed by atoms with Crippen molar-refractivity contribution in [3.8, 4) is 0 Å². The third-order valence-electron chi connectivity index (χ3n) is 0.843. The first-order valence-corrected chi connectivity index (χ1v) is 4.27. The van der Waals surface area contributed by atoms with Gasteiger partial charge in [-0.1, -0.05) is 45.2 Å². The monoisotopic (exact) mass is 240 g/mol. The third kappa shape index (κ3) is 3.67. The molecule has 0 aromatic rings. The van der Waals surface area contributed by atoms with Crippen molar-refractivity contribution in [2.24, 2.45) is 0 Å². The third-order valence-corrected chi connectivity index (χ3v) is 2.85. The van der Waals surface area contributed by atoms with Crippen LogP contribution in [0.4, 0.5) is 0 Å². The quantitative estimate of drug-likeness (QED) is 0.690. The highest BCUT2D eigenvalue weighted by Crippen LogP contribution is 2.21. The Balaban J connectivity index is 3.62. The Bertz CT molecular complexity index is 90.7. The summed E-state index contributed by atoms with van der Waals surface area (Å²) in [6.07, 6.45) is 2.33. The molecule has 0 bridgehead atoms. The molecule has 0 spiro atoms. The second-order valence-corrected chi connectivity index (χ2v) is 3.84. The highest BCUT2D eigenvalue weighted by Gasteiger charge is 1.91. The van der Waals surface area contributed by atoms with Gasteiger partial charge >= 0.3 is 0 Å². The van der Waals surface area contributed by atoms with Gasteiger partial charge < -0.3 is 0 Å². The molecule has 0 N–H and O–H groups in total. The summed E-state index contributed by atoms with van der Waals surface area (Å²) in [7, 11) is 0. The Morgan fingerprint density at radius 3 is 2.00 bits per heavy atom. The van der Waals surface area contributed by atoms with Crippen LogP contribution in [-0.2, 0) is 0 Å². The summed E-state index contributed by atoms with van der Waals surface area (Å²) in [6.45, 7) is 4.21. The van der Waals surface area contributed by atoms with Crippen molar-refractivity contribution in [3.63, 3.8) is 0 Å². The lowest BCUT2D eigenvalue weighted by atomic mass is 10.3. The second-order valence-electron chi connectivity index (χ2n) is 1.69. The molecule has 0 aromatic heterocycles. The maximum Gasteiger partial charge on any atom is 0.00488 e. The number of allylic oxidation sites excluding steroid dienone is 2. The molecule has 0 aromatic carbocycles. The fourth-order valence-corrected chi connectivity index (χ4v) is 0.986. The summed E-state index contributed by atoms with van der Waals surface area (Å²) >= 11 is 6.81. The van der Waals surface area contributed by atoms with Gasteiger partial charge in [0.25, 0.3) is 0 Å². The molecule has 48 valence electrons. The van der Waals surface area contributed by atoms with Crippen LogP contribution in [0.1, 0.15) is 26.7 Å². The van der Waals surface area contributed by atoms with Crippen molar-refractivity contribution in [2.45, 2.75) is 26.7 Å². The number of hydrogen-bond acceptors (Lipinski definition) is 0. The minimum absolute atomic E-state index is 1.14. The van der Waals surface area contributed by atoms with Crippen LogP contribution >= 0.6 is 31.9 Å². The number of hydrogen-bond donors (Lipinski definition) is 0. The first-order valence-electron chi connectivity index (χ1n) is 2.69. The molecule has 0 aliphatic carbocycles. The van der Waals surface area contributed by atoms with E-state index in [0.29, 0.717) is 0 Å². The maximum atomic E-state index is 3.44. The molecule has 8 heavy (non-hydrogen) atoms. The fraction of sp³-hybridized carbons (Fsp3) is 0.667. The lowest BCUT2D eigenvalue weighted by Crippen LogP contribution is -1.70. The van der Waals surface area contributed by atoms with Crippen LogP contribution in [0.15, 0.2) is 8.96 Å². The lowest BCUT2D eigenvalue weighted by molar-refractivity contribution is 0.947. The van der Waals surface area contributed by atoms with E-state index in [4.69, 9.17) is 0 Å². The molecule has 0 heterocycles. The molecule has 0 radical (unpaired) electrons. The van der Waals surface area contributed by atoms with Crippen LogP contribution in [0.3, 0.4) is 0 Å². The highest BCUT2D eigenvalue weighted by molar-refractivity contribution is 9.14. The zero-order valence-electron chi connectivity index (χ0n) is 5.17. The van der Waals surface area contributed by atoms with Gasteiger partial charge in [-0.05, 0) is 13.3 Å². The van der Waals surface area contributed by atoms with Crippen LogP contribution < -0.4 is 0 Å². The van der Waals surface area contributed by atoms with E-state index in [-0.39, 0.29) is 0 Å². The molecule has 0 nitrogen and oxygen atoms in total. The predicted octanol–water partition coefficient (Wildman–Crippen LogP) is 3.81. The first kappa shape index (κ1) is 8.70. The van der Waals surface area contributed by atoms with Gasteiger partial charge in [-0.2, -0.15) is 0 Å². The first-order chi connectivity index (χ1) is 3.68. The minimum atomic E-state index is 1.14. The summed E-state index contributed by atoms with van der Waals surface area (Å²) in [4.78, 5) is 0. The molecule has 0 saturated carbocycles. The zero-order valence-corrected chi connectivity index (χ0v) is 8.34. The van der Waals surface area contributed by atoms with E-state index in [0.717, 1.165) is 6.42 Å². The summed E-state index contributed by atoms with van der Waals surface area (Å²) in [5.41, 5.74) is 0. The molecular formula is C6H10Br2. The van der Waals surface area contributed by atoms with E-state index in [2.05, 4.69) is 38.8 Å². The van der Waals surface area contributed by atoms with E-state index in [1.165, 1.54) is 15.4 Å². The summed E-state index contributed by atoms with van der Waals surface area (Å²) in [6, 6.07) is 0. The standard InChI is InChI=1S/C6H10Br2/c1-3-4-6(8)5(2)7/h3-4H2,1-2H3/b6-5+. The van der Waals surface area contributed by atoms with Crippen LogP contribution in [0.5, 0.6) is 0 Å². The van der Waals surface area contributed by atoms with E-state index < -0.39 is 0 Å². The molecule has 0 aliphatic heterocycles. The summed E-state index contributed by atoms with van der Waals surface area (Å²) in [5.74, 6) is 0. The normalized spacial score (nSPS) is 13.5. The topological polar surface area (TPSA) is 0 Å². The minimum Gasteiger partial charge on any atom is -0.0650 e. The lowest BCUT2D eigenvalue weighted by Gasteiger charge is -1.94. The average Bonchev–Trinajstić information content (AvgIpc) is 1.67. The zero-order chi connectivity index (χ0) is 6.57. The van der Waals surface area contributed by atoms with Crippen LogP contribution in [0.25, 0.3) is 0 Å². The van der Waals surface area contributed by atoms with Gasteiger partial charge in [0.2, 0.25) is 0 Å². The molecule has 0 fully saturated rings. The molecule has 2 heteroatoms. The smallest absolute Gasteiger partial charge is 0.00488 e. The van der Waals surface area contributed by atoms with Crippen LogP contribution in [0.2, 0.25) is 0 Å². The molecule has 0 atom stereocenters. The molecule has 0 amide bonds. The van der Waals surface area contributed by atoms with Crippen molar-refractivity contribution in [2.75, 3.05) is 0 Å². The van der Waals surface area contributed by atoms with E-state index in [9.17, 15) is 0 Å². The Morgan fingerprint density at radius 1 is 1.38 bits per heavy atom. The van der Waals surface area contributed by atoms with Crippen molar-refractivity contribution in [1.29, 1.82) is 0 Å². The number of halogens is 2. The van der Waals surface area contributed by atoms with E-state index in [1.54, 1.807) is 0 Å². The second kappa shape index (κ2) is 4.57. The summed E-state index contributed by atoms with van der Waals surface area (Å²) < 4.78 is 2.49. The SMILES string of the molecule is CCC/C(Br)=C(/C)Br. The Kier molecular flexibility index (Phi) is 4.97. The largest absolute Gasteiger partial charge is 0.0650 e. The molecule has 0 unspecified atom stereocenters. The molecule has 0 saturated heterocycles. The number of rotatable bonds is 2. The fourth-order valence-electron chi connectivity index (χ4n) is 0.392. The van der Waals surface area contributed by atoms with Gasteiger partial charge in [-0.25, -0.2) is 0 Å².